The van der Waals surface area contributed by atoms with Crippen LogP contribution in [0.1, 0.15) is 29.6 Å². The van der Waals surface area contributed by atoms with Crippen molar-refractivity contribution in [3.05, 3.63) is 42.1 Å². The number of hydrogen-bond donors (Lipinski definition) is 1. The number of Topliss-reactive ketones (excluding diaryl/α,β-unsaturated/α-hetero) is 1. The standard InChI is InChI=1S/C16H18N2O/c17-10-12-5-2-7-13(12)16(19)14-8-1-4-11-6-3-9-18-15(11)14/h1,3-4,6,8-9,12-13H,2,5,7,10,17H2. The van der Waals surface area contributed by atoms with E-state index in [0.717, 1.165) is 35.7 Å². The highest BCUT2D eigenvalue weighted by molar-refractivity contribution is 6.07. The molecule has 1 aromatic carbocycles. The molecule has 0 amide bonds. The summed E-state index contributed by atoms with van der Waals surface area (Å²) in [6, 6.07) is 9.71. The maximum absolute atomic E-state index is 12.7. The number of nitrogens with zero attached hydrogens (tertiary/aromatic N) is 1. The molecule has 1 aromatic heterocycles. The van der Waals surface area contributed by atoms with Crippen LogP contribution in [0.3, 0.4) is 0 Å². The Labute approximate surface area is 112 Å². The second-order valence-corrected chi connectivity index (χ2v) is 5.28. The van der Waals surface area contributed by atoms with E-state index in [1.807, 2.05) is 30.3 Å². The van der Waals surface area contributed by atoms with Gasteiger partial charge in [-0.3, -0.25) is 9.78 Å². The molecule has 0 aliphatic heterocycles. The largest absolute Gasteiger partial charge is 0.330 e. The first-order valence-corrected chi connectivity index (χ1v) is 6.89. The number of benzene rings is 1. The Morgan fingerprint density at radius 1 is 1.26 bits per heavy atom. The van der Waals surface area contributed by atoms with Gasteiger partial charge in [0.1, 0.15) is 0 Å². The molecule has 0 spiro atoms. The molecule has 2 N–H and O–H groups in total. The predicted molar refractivity (Wildman–Crippen MR) is 76.0 cm³/mol. The molecule has 1 aliphatic rings. The number of fused-ring (bicyclic) bond motifs is 1. The molecule has 98 valence electrons. The van der Waals surface area contributed by atoms with Gasteiger partial charge < -0.3 is 5.73 Å². The first-order valence-electron chi connectivity index (χ1n) is 6.89. The number of para-hydroxylation sites is 1. The average Bonchev–Trinajstić information content (AvgIpc) is 2.94. The lowest BCUT2D eigenvalue weighted by Gasteiger charge is -2.17. The topological polar surface area (TPSA) is 56.0 Å². The van der Waals surface area contributed by atoms with E-state index >= 15 is 0 Å². The summed E-state index contributed by atoms with van der Waals surface area (Å²) in [6.45, 7) is 0.606. The first-order chi connectivity index (χ1) is 9.31. The Balaban J connectivity index is 2.02. The van der Waals surface area contributed by atoms with Gasteiger partial charge in [0.25, 0.3) is 0 Å². The Bertz CT molecular complexity index is 603. The molecule has 1 aliphatic carbocycles. The maximum atomic E-state index is 12.7. The lowest BCUT2D eigenvalue weighted by molar-refractivity contribution is 0.0895. The number of nitrogens with two attached hydrogens (primary N) is 1. The van der Waals surface area contributed by atoms with Crippen LogP contribution in [0.5, 0.6) is 0 Å². The van der Waals surface area contributed by atoms with Crippen LogP contribution in [0, 0.1) is 11.8 Å². The number of carbonyl (C=O) groups excluding carboxylic acids is 1. The van der Waals surface area contributed by atoms with Crippen molar-refractivity contribution in [3.63, 3.8) is 0 Å². The normalized spacial score (nSPS) is 22.8. The fourth-order valence-electron chi connectivity index (χ4n) is 3.17. The zero-order chi connectivity index (χ0) is 13.2. The molecule has 1 fully saturated rings. The summed E-state index contributed by atoms with van der Waals surface area (Å²) in [4.78, 5) is 17.1. The van der Waals surface area contributed by atoms with Crippen molar-refractivity contribution >= 4 is 16.7 Å². The molecule has 3 heteroatoms. The molecule has 0 saturated heterocycles. The van der Waals surface area contributed by atoms with Gasteiger partial charge in [0.05, 0.1) is 5.52 Å². The summed E-state index contributed by atoms with van der Waals surface area (Å²) in [5.74, 6) is 0.640. The van der Waals surface area contributed by atoms with Crippen molar-refractivity contribution in [1.82, 2.24) is 4.98 Å². The van der Waals surface area contributed by atoms with Crippen molar-refractivity contribution in [2.45, 2.75) is 19.3 Å². The average molecular weight is 254 g/mol. The van der Waals surface area contributed by atoms with Crippen LogP contribution < -0.4 is 5.73 Å². The minimum atomic E-state index is 0.0811. The summed E-state index contributed by atoms with van der Waals surface area (Å²) in [6.07, 6.45) is 4.89. The Kier molecular flexibility index (Phi) is 3.30. The molecule has 1 heterocycles. The summed E-state index contributed by atoms with van der Waals surface area (Å²) in [5.41, 5.74) is 7.36. The van der Waals surface area contributed by atoms with Gasteiger partial charge in [0.2, 0.25) is 0 Å². The van der Waals surface area contributed by atoms with Crippen molar-refractivity contribution in [2.75, 3.05) is 6.54 Å². The predicted octanol–water partition coefficient (Wildman–Crippen LogP) is 2.79. The van der Waals surface area contributed by atoms with E-state index in [-0.39, 0.29) is 11.7 Å². The van der Waals surface area contributed by atoms with E-state index in [1.54, 1.807) is 6.20 Å². The lowest BCUT2D eigenvalue weighted by Crippen LogP contribution is -2.25. The number of aromatic nitrogens is 1. The van der Waals surface area contributed by atoms with Crippen LogP contribution in [-0.2, 0) is 0 Å². The molecule has 1 saturated carbocycles. The molecular weight excluding hydrogens is 236 g/mol. The number of ketones is 1. The third kappa shape index (κ3) is 2.15. The highest BCUT2D eigenvalue weighted by atomic mass is 16.1. The molecule has 2 unspecified atom stereocenters. The molecule has 19 heavy (non-hydrogen) atoms. The van der Waals surface area contributed by atoms with Gasteiger partial charge in [-0.25, -0.2) is 0 Å². The van der Waals surface area contributed by atoms with Crippen molar-refractivity contribution in [1.29, 1.82) is 0 Å². The smallest absolute Gasteiger partial charge is 0.168 e. The highest BCUT2D eigenvalue weighted by Gasteiger charge is 2.33. The van der Waals surface area contributed by atoms with E-state index < -0.39 is 0 Å². The Morgan fingerprint density at radius 2 is 2.11 bits per heavy atom. The Hall–Kier alpha value is -1.74. The Morgan fingerprint density at radius 3 is 2.95 bits per heavy atom. The molecule has 3 nitrogen and oxygen atoms in total. The third-order valence-corrected chi connectivity index (χ3v) is 4.20. The quantitative estimate of drug-likeness (QED) is 0.857. The summed E-state index contributed by atoms with van der Waals surface area (Å²) in [5, 5.41) is 1.02. The molecule has 2 aromatic rings. The van der Waals surface area contributed by atoms with Gasteiger partial charge in [-0.15, -0.1) is 0 Å². The van der Waals surface area contributed by atoms with Crippen LogP contribution in [0.25, 0.3) is 10.9 Å². The number of hydrogen-bond acceptors (Lipinski definition) is 3. The van der Waals surface area contributed by atoms with Crippen LogP contribution in [0.2, 0.25) is 0 Å². The summed E-state index contributed by atoms with van der Waals surface area (Å²) < 4.78 is 0. The van der Waals surface area contributed by atoms with Gasteiger partial charge in [-0.1, -0.05) is 24.6 Å². The van der Waals surface area contributed by atoms with E-state index in [4.69, 9.17) is 5.73 Å². The minimum Gasteiger partial charge on any atom is -0.330 e. The summed E-state index contributed by atoms with van der Waals surface area (Å²) >= 11 is 0. The molecule has 0 radical (unpaired) electrons. The number of pyridine rings is 1. The van der Waals surface area contributed by atoms with E-state index in [2.05, 4.69) is 4.98 Å². The van der Waals surface area contributed by atoms with Gasteiger partial charge >= 0.3 is 0 Å². The lowest BCUT2D eigenvalue weighted by atomic mass is 9.87. The fourth-order valence-corrected chi connectivity index (χ4v) is 3.17. The van der Waals surface area contributed by atoms with E-state index in [0.29, 0.717) is 12.5 Å². The third-order valence-electron chi connectivity index (χ3n) is 4.20. The maximum Gasteiger partial charge on any atom is 0.168 e. The monoisotopic (exact) mass is 254 g/mol. The fraction of sp³-hybridized carbons (Fsp3) is 0.375. The highest BCUT2D eigenvalue weighted by Crippen LogP contribution is 2.34. The zero-order valence-electron chi connectivity index (χ0n) is 10.9. The van der Waals surface area contributed by atoms with Crippen molar-refractivity contribution in [2.24, 2.45) is 17.6 Å². The molecule has 0 bridgehead atoms. The van der Waals surface area contributed by atoms with Crippen LogP contribution in [-0.4, -0.2) is 17.3 Å². The SMILES string of the molecule is NCC1CCCC1C(=O)c1cccc2cccnc12. The second kappa shape index (κ2) is 5.10. The van der Waals surface area contributed by atoms with Crippen LogP contribution in [0.4, 0.5) is 0 Å². The van der Waals surface area contributed by atoms with Crippen LogP contribution in [0.15, 0.2) is 36.5 Å². The second-order valence-electron chi connectivity index (χ2n) is 5.28. The molecule has 2 atom stereocenters. The van der Waals surface area contributed by atoms with E-state index in [1.165, 1.54) is 0 Å². The van der Waals surface area contributed by atoms with Gasteiger partial charge in [-0.05, 0) is 37.4 Å². The van der Waals surface area contributed by atoms with Gasteiger partial charge in [0, 0.05) is 23.1 Å². The zero-order valence-corrected chi connectivity index (χ0v) is 10.9. The summed E-state index contributed by atoms with van der Waals surface area (Å²) in [7, 11) is 0. The van der Waals surface area contributed by atoms with Gasteiger partial charge in [0.15, 0.2) is 5.78 Å². The molecular formula is C16H18N2O. The number of carbonyl (C=O) groups is 1. The molecule has 3 rings (SSSR count). The van der Waals surface area contributed by atoms with Crippen molar-refractivity contribution < 1.29 is 4.79 Å². The minimum absolute atomic E-state index is 0.0811. The van der Waals surface area contributed by atoms with Gasteiger partial charge in [-0.2, -0.15) is 0 Å². The number of rotatable bonds is 3. The van der Waals surface area contributed by atoms with E-state index in [9.17, 15) is 4.79 Å². The first kappa shape index (κ1) is 12.3. The van der Waals surface area contributed by atoms with Crippen LogP contribution >= 0.6 is 0 Å². The van der Waals surface area contributed by atoms with Crippen molar-refractivity contribution in [3.8, 4) is 0 Å².